The van der Waals surface area contributed by atoms with Crippen LogP contribution < -0.4 is 16.6 Å². The van der Waals surface area contributed by atoms with E-state index in [9.17, 15) is 9.59 Å². The maximum Gasteiger partial charge on any atom is 0.408 e. The van der Waals surface area contributed by atoms with Crippen LogP contribution in [-0.2, 0) is 11.3 Å². The van der Waals surface area contributed by atoms with Gasteiger partial charge in [0.1, 0.15) is 6.61 Å². The normalized spacial score (nSPS) is 9.38. The second-order valence-corrected chi connectivity index (χ2v) is 4.77. The van der Waals surface area contributed by atoms with Gasteiger partial charge in [0.2, 0.25) is 0 Å². The van der Waals surface area contributed by atoms with Crippen LogP contribution in [0.3, 0.4) is 0 Å². The van der Waals surface area contributed by atoms with Crippen molar-refractivity contribution in [3.63, 3.8) is 0 Å². The first-order valence-electron chi connectivity index (χ1n) is 7.23. The lowest BCUT2D eigenvalue weighted by Gasteiger charge is -2.04. The molecule has 0 aliphatic rings. The Bertz CT molecular complexity index is 764. The largest absolute Gasteiger partial charge is 0.445 e. The maximum atomic E-state index is 11.5. The van der Waals surface area contributed by atoms with E-state index in [-0.39, 0.29) is 19.1 Å². The van der Waals surface area contributed by atoms with Gasteiger partial charge < -0.3 is 10.1 Å². The summed E-state index contributed by atoms with van der Waals surface area (Å²) in [7, 11) is 0. The molecule has 0 spiro atoms. The molecule has 2 rings (SSSR count). The van der Waals surface area contributed by atoms with E-state index in [0.29, 0.717) is 11.1 Å². The molecular weight excluding hydrogens is 306 g/mol. The topological polar surface area (TPSA) is 93.5 Å². The van der Waals surface area contributed by atoms with Crippen LogP contribution in [0.5, 0.6) is 0 Å². The van der Waals surface area contributed by atoms with Gasteiger partial charge >= 0.3 is 6.09 Å². The number of carbonyl (C=O) groups excluding carboxylic acids is 2. The second-order valence-electron chi connectivity index (χ2n) is 4.77. The van der Waals surface area contributed by atoms with E-state index in [1.165, 1.54) is 0 Å². The molecule has 0 aliphatic heterocycles. The Morgan fingerprint density at radius 1 is 1.08 bits per heavy atom. The Morgan fingerprint density at radius 3 is 2.62 bits per heavy atom. The molecule has 4 N–H and O–H groups in total. The molecule has 6 heteroatoms. The Morgan fingerprint density at radius 2 is 1.88 bits per heavy atom. The van der Waals surface area contributed by atoms with Crippen LogP contribution in [0.4, 0.5) is 4.79 Å². The van der Waals surface area contributed by atoms with Gasteiger partial charge in [0.25, 0.3) is 5.91 Å². The monoisotopic (exact) mass is 323 g/mol. The summed E-state index contributed by atoms with van der Waals surface area (Å²) < 4.78 is 5.06. The minimum absolute atomic E-state index is 0.140. The molecule has 0 radical (unpaired) electrons. The lowest BCUT2D eigenvalue weighted by molar-refractivity contribution is 0.0953. The molecule has 2 amide bonds. The molecule has 0 saturated heterocycles. The summed E-state index contributed by atoms with van der Waals surface area (Å²) in [6.07, 6.45) is -0.538. The average Bonchev–Trinajstić information content (AvgIpc) is 2.64. The van der Waals surface area contributed by atoms with E-state index in [2.05, 4.69) is 22.6 Å². The summed E-state index contributed by atoms with van der Waals surface area (Å²) in [5.41, 5.74) is 4.03. The number of hydrazine groups is 1. The number of ether oxygens (including phenoxy) is 1. The predicted molar refractivity (Wildman–Crippen MR) is 89.6 cm³/mol. The smallest absolute Gasteiger partial charge is 0.408 e. The molecule has 0 bridgehead atoms. The van der Waals surface area contributed by atoms with Crippen molar-refractivity contribution >= 4 is 12.0 Å². The third kappa shape index (κ3) is 5.48. The van der Waals surface area contributed by atoms with Gasteiger partial charge in [-0.15, -0.1) is 0 Å². The summed E-state index contributed by atoms with van der Waals surface area (Å²) in [6.45, 7) is 0.345. The lowest BCUT2D eigenvalue weighted by atomic mass is 10.1. The first-order valence-corrected chi connectivity index (χ1v) is 7.23. The van der Waals surface area contributed by atoms with Crippen LogP contribution in [0, 0.1) is 11.8 Å². The molecule has 0 atom stereocenters. The number of rotatable bonds is 4. The van der Waals surface area contributed by atoms with Crippen molar-refractivity contribution in [2.24, 2.45) is 5.84 Å². The number of nitrogens with one attached hydrogen (secondary N) is 2. The Kier molecular flexibility index (Phi) is 6.38. The summed E-state index contributed by atoms with van der Waals surface area (Å²) in [5, 5.41) is 2.54. The number of benzene rings is 2. The number of carbonyl (C=O) groups is 2. The Labute approximate surface area is 140 Å². The number of alkyl carbamates (subject to hydrolysis) is 1. The van der Waals surface area contributed by atoms with Gasteiger partial charge in [-0.05, 0) is 23.8 Å². The fourth-order valence-corrected chi connectivity index (χ4v) is 1.86. The van der Waals surface area contributed by atoms with E-state index in [0.717, 1.165) is 5.56 Å². The first kappa shape index (κ1) is 17.1. The molecule has 2 aromatic rings. The molecule has 24 heavy (non-hydrogen) atoms. The summed E-state index contributed by atoms with van der Waals surface area (Å²) in [6, 6.07) is 16.1. The van der Waals surface area contributed by atoms with Crippen molar-refractivity contribution in [3.05, 3.63) is 71.3 Å². The van der Waals surface area contributed by atoms with Gasteiger partial charge in [0, 0.05) is 11.1 Å². The van der Waals surface area contributed by atoms with Crippen molar-refractivity contribution in [3.8, 4) is 11.8 Å². The van der Waals surface area contributed by atoms with Gasteiger partial charge in [0.05, 0.1) is 6.54 Å². The molecular formula is C18H17N3O3. The van der Waals surface area contributed by atoms with Crippen molar-refractivity contribution in [2.45, 2.75) is 6.61 Å². The van der Waals surface area contributed by atoms with E-state index >= 15 is 0 Å². The van der Waals surface area contributed by atoms with E-state index in [4.69, 9.17) is 10.6 Å². The highest BCUT2D eigenvalue weighted by Crippen LogP contribution is 2.03. The number of nitrogen functional groups attached to an aromatic ring is 1. The minimum atomic E-state index is -0.538. The Balaban J connectivity index is 1.79. The van der Waals surface area contributed by atoms with E-state index in [1.807, 2.05) is 30.3 Å². The summed E-state index contributed by atoms with van der Waals surface area (Å²) in [5.74, 6) is 10.3. The zero-order chi connectivity index (χ0) is 17.2. The molecule has 0 unspecified atom stereocenters. The number of hydrogen-bond donors (Lipinski definition) is 3. The van der Waals surface area contributed by atoms with Crippen molar-refractivity contribution in [1.82, 2.24) is 10.7 Å². The van der Waals surface area contributed by atoms with Crippen LogP contribution in [0.2, 0.25) is 0 Å². The standard InChI is InChI=1S/C18H17N3O3/c19-21-17(22)16-10-4-8-14(12-16)9-5-11-20-18(23)24-13-15-6-2-1-3-7-15/h1-4,6-8,10,12H,11,13,19H2,(H,20,23)(H,21,22). The van der Waals surface area contributed by atoms with Crippen molar-refractivity contribution in [2.75, 3.05) is 6.54 Å². The molecule has 0 fully saturated rings. The molecule has 0 aliphatic carbocycles. The maximum absolute atomic E-state index is 11.5. The molecule has 2 aromatic carbocycles. The van der Waals surface area contributed by atoms with Crippen LogP contribution in [-0.4, -0.2) is 18.5 Å². The fraction of sp³-hybridized carbons (Fsp3) is 0.111. The molecule has 0 heterocycles. The Hall–Kier alpha value is -3.30. The fourth-order valence-electron chi connectivity index (χ4n) is 1.86. The zero-order valence-electron chi connectivity index (χ0n) is 12.9. The summed E-state index contributed by atoms with van der Waals surface area (Å²) >= 11 is 0. The van der Waals surface area contributed by atoms with Crippen LogP contribution in [0.1, 0.15) is 21.5 Å². The zero-order valence-corrected chi connectivity index (χ0v) is 12.9. The second kappa shape index (κ2) is 8.98. The van der Waals surface area contributed by atoms with Gasteiger partial charge in [-0.3, -0.25) is 10.2 Å². The number of amides is 2. The highest BCUT2D eigenvalue weighted by Gasteiger charge is 2.03. The molecule has 0 aromatic heterocycles. The highest BCUT2D eigenvalue weighted by atomic mass is 16.5. The molecule has 6 nitrogen and oxygen atoms in total. The third-order valence-corrected chi connectivity index (χ3v) is 3.02. The highest BCUT2D eigenvalue weighted by molar-refractivity contribution is 5.94. The van der Waals surface area contributed by atoms with Crippen molar-refractivity contribution in [1.29, 1.82) is 0 Å². The third-order valence-electron chi connectivity index (χ3n) is 3.02. The van der Waals surface area contributed by atoms with Crippen LogP contribution >= 0.6 is 0 Å². The lowest BCUT2D eigenvalue weighted by Crippen LogP contribution is -2.29. The van der Waals surface area contributed by atoms with E-state index in [1.54, 1.807) is 24.3 Å². The first-order chi connectivity index (χ1) is 11.7. The minimum Gasteiger partial charge on any atom is -0.445 e. The number of hydrogen-bond acceptors (Lipinski definition) is 4. The van der Waals surface area contributed by atoms with Gasteiger partial charge in [-0.2, -0.15) is 0 Å². The van der Waals surface area contributed by atoms with Gasteiger partial charge in [-0.1, -0.05) is 48.2 Å². The predicted octanol–water partition coefficient (Wildman–Crippen LogP) is 1.57. The number of nitrogens with two attached hydrogens (primary N) is 1. The quantitative estimate of drug-likeness (QED) is 0.344. The van der Waals surface area contributed by atoms with Crippen LogP contribution in [0.25, 0.3) is 0 Å². The van der Waals surface area contributed by atoms with E-state index < -0.39 is 6.09 Å². The van der Waals surface area contributed by atoms with Gasteiger partial charge in [0.15, 0.2) is 0 Å². The van der Waals surface area contributed by atoms with Crippen molar-refractivity contribution < 1.29 is 14.3 Å². The summed E-state index contributed by atoms with van der Waals surface area (Å²) in [4.78, 5) is 23.0. The molecule has 0 saturated carbocycles. The SMILES string of the molecule is NNC(=O)c1cccc(C#CCNC(=O)OCc2ccccc2)c1. The average molecular weight is 323 g/mol. The van der Waals surface area contributed by atoms with Gasteiger partial charge in [-0.25, -0.2) is 10.6 Å². The molecule has 122 valence electrons. The van der Waals surface area contributed by atoms with Crippen LogP contribution in [0.15, 0.2) is 54.6 Å².